The van der Waals surface area contributed by atoms with E-state index in [1.54, 1.807) is 18.3 Å². The average Bonchev–Trinajstić information content (AvgIpc) is 3.17. The Morgan fingerprint density at radius 1 is 1.12 bits per heavy atom. The van der Waals surface area contributed by atoms with Crippen molar-refractivity contribution in [3.63, 3.8) is 0 Å². The summed E-state index contributed by atoms with van der Waals surface area (Å²) in [6.07, 6.45) is 4.19. The fraction of sp³-hybridized carbons (Fsp3) is 0.316. The Kier molecular flexibility index (Phi) is 2.92. The van der Waals surface area contributed by atoms with Gasteiger partial charge in [-0.2, -0.15) is 0 Å². The molecule has 1 aromatic carbocycles. The topological polar surface area (TPSA) is 74.3 Å². The molecule has 2 aromatic rings. The smallest absolute Gasteiger partial charge is 0.273 e. The zero-order valence-electron chi connectivity index (χ0n) is 13.6. The van der Waals surface area contributed by atoms with Crippen molar-refractivity contribution in [1.29, 1.82) is 0 Å². The number of nitrogens with zero attached hydrogens (tertiary/aromatic N) is 2. The summed E-state index contributed by atoms with van der Waals surface area (Å²) >= 11 is 0. The Hall–Kier alpha value is -2.89. The van der Waals surface area contributed by atoms with E-state index in [0.717, 1.165) is 24.9 Å². The molecule has 3 aliphatic heterocycles. The van der Waals surface area contributed by atoms with Crippen molar-refractivity contribution in [2.75, 3.05) is 5.32 Å². The van der Waals surface area contributed by atoms with Crippen LogP contribution < -0.4 is 10.6 Å². The van der Waals surface area contributed by atoms with Gasteiger partial charge in [0.25, 0.3) is 11.8 Å². The number of carbonyl (C=O) groups is 2. The molecule has 3 aliphatic rings. The summed E-state index contributed by atoms with van der Waals surface area (Å²) in [5, 5.41) is 6.68. The van der Waals surface area contributed by atoms with Crippen LogP contribution in [0.25, 0.3) is 0 Å². The summed E-state index contributed by atoms with van der Waals surface area (Å²) < 4.78 is 0. The molecule has 2 N–H and O–H groups in total. The van der Waals surface area contributed by atoms with E-state index in [4.69, 9.17) is 0 Å². The summed E-state index contributed by atoms with van der Waals surface area (Å²) in [4.78, 5) is 31.7. The molecule has 1 aromatic heterocycles. The van der Waals surface area contributed by atoms with E-state index in [9.17, 15) is 9.59 Å². The minimum atomic E-state index is -0.585. The molecule has 1 spiro atoms. The number of fused-ring (bicyclic) bond motifs is 4. The van der Waals surface area contributed by atoms with Gasteiger partial charge >= 0.3 is 0 Å². The number of amides is 2. The molecule has 0 aliphatic carbocycles. The van der Waals surface area contributed by atoms with Crippen LogP contribution in [0.2, 0.25) is 0 Å². The van der Waals surface area contributed by atoms with Crippen LogP contribution in [0.4, 0.5) is 5.69 Å². The second-order valence-corrected chi connectivity index (χ2v) is 6.97. The molecule has 0 unspecified atom stereocenters. The minimum absolute atomic E-state index is 0.0557. The highest BCUT2D eigenvalue weighted by atomic mass is 16.2. The fourth-order valence-electron chi connectivity index (χ4n) is 4.60. The Balaban J connectivity index is 1.50. The highest BCUT2D eigenvalue weighted by Crippen LogP contribution is 2.46. The lowest BCUT2D eigenvalue weighted by Gasteiger charge is -2.43. The molecule has 2 amide bonds. The molecule has 25 heavy (non-hydrogen) atoms. The first-order valence-corrected chi connectivity index (χ1v) is 8.61. The molecule has 2 bridgehead atoms. The Bertz CT molecular complexity index is 869. The molecule has 6 nitrogen and oxygen atoms in total. The van der Waals surface area contributed by atoms with E-state index in [0.29, 0.717) is 11.3 Å². The van der Waals surface area contributed by atoms with E-state index in [2.05, 4.69) is 15.6 Å². The molecule has 5 rings (SSSR count). The van der Waals surface area contributed by atoms with Crippen molar-refractivity contribution < 1.29 is 9.59 Å². The van der Waals surface area contributed by atoms with E-state index in [-0.39, 0.29) is 23.9 Å². The predicted octanol–water partition coefficient (Wildman–Crippen LogP) is 2.01. The van der Waals surface area contributed by atoms with Crippen LogP contribution in [0.1, 0.15) is 40.1 Å². The standard InChI is InChI=1S/C19H18N4O2/c24-17-13-5-1-2-6-14(13)21-19(22-17)11-12-8-9-16(19)23(12)18(25)15-7-3-4-10-20-15/h1-7,10,12,16,21H,8-9,11H2,(H,22,24)/t12-,16-,19-/m0/s1. The quantitative estimate of drug-likeness (QED) is 0.837. The van der Waals surface area contributed by atoms with Crippen molar-refractivity contribution in [2.24, 2.45) is 0 Å². The van der Waals surface area contributed by atoms with Gasteiger partial charge in [0.05, 0.1) is 11.6 Å². The number of rotatable bonds is 1. The molecule has 2 fully saturated rings. The highest BCUT2D eigenvalue weighted by molar-refractivity contribution is 6.02. The monoisotopic (exact) mass is 334 g/mol. The van der Waals surface area contributed by atoms with Gasteiger partial charge in [-0.05, 0) is 37.1 Å². The van der Waals surface area contributed by atoms with Crippen LogP contribution in [0.5, 0.6) is 0 Å². The first-order valence-electron chi connectivity index (χ1n) is 8.61. The molecule has 3 atom stereocenters. The van der Waals surface area contributed by atoms with Crippen LogP contribution in [0, 0.1) is 0 Å². The summed E-state index contributed by atoms with van der Waals surface area (Å²) in [7, 11) is 0. The molecular weight excluding hydrogens is 316 g/mol. The lowest BCUT2D eigenvalue weighted by atomic mass is 9.86. The first kappa shape index (κ1) is 14.5. The molecule has 2 saturated heterocycles. The molecule has 126 valence electrons. The predicted molar refractivity (Wildman–Crippen MR) is 92.1 cm³/mol. The number of benzene rings is 1. The Morgan fingerprint density at radius 2 is 1.96 bits per heavy atom. The number of aromatic nitrogens is 1. The SMILES string of the molecule is O=C1N[C@]2(C[C@@H]3CC[C@@H]2N3C(=O)c2ccccn2)Nc2ccccc21. The van der Waals surface area contributed by atoms with Crippen molar-refractivity contribution in [3.8, 4) is 0 Å². The van der Waals surface area contributed by atoms with Gasteiger partial charge < -0.3 is 15.5 Å². The lowest BCUT2D eigenvalue weighted by Crippen LogP contribution is -2.64. The van der Waals surface area contributed by atoms with Crippen LogP contribution in [0.15, 0.2) is 48.7 Å². The Labute approximate surface area is 145 Å². The van der Waals surface area contributed by atoms with Crippen molar-refractivity contribution in [2.45, 2.75) is 37.0 Å². The number of nitrogens with one attached hydrogen (secondary N) is 2. The molecular formula is C19H18N4O2. The number of hydrogen-bond donors (Lipinski definition) is 2. The largest absolute Gasteiger partial charge is 0.360 e. The third kappa shape index (κ3) is 2.00. The third-order valence-electron chi connectivity index (χ3n) is 5.61. The van der Waals surface area contributed by atoms with Gasteiger partial charge in [-0.1, -0.05) is 18.2 Å². The van der Waals surface area contributed by atoms with Crippen LogP contribution in [-0.2, 0) is 0 Å². The van der Waals surface area contributed by atoms with Gasteiger partial charge in [-0.25, -0.2) is 0 Å². The summed E-state index contributed by atoms with van der Waals surface area (Å²) in [6, 6.07) is 12.9. The van der Waals surface area contributed by atoms with Crippen LogP contribution in [-0.4, -0.2) is 39.4 Å². The van der Waals surface area contributed by atoms with Crippen LogP contribution >= 0.6 is 0 Å². The normalized spacial score (nSPS) is 29.3. The number of carbonyl (C=O) groups excluding carboxylic acids is 2. The zero-order chi connectivity index (χ0) is 17.0. The van der Waals surface area contributed by atoms with E-state index >= 15 is 0 Å². The van der Waals surface area contributed by atoms with E-state index < -0.39 is 5.66 Å². The molecule has 6 heteroatoms. The molecule has 0 radical (unpaired) electrons. The molecule has 0 saturated carbocycles. The summed E-state index contributed by atoms with van der Waals surface area (Å²) in [6.45, 7) is 0. The van der Waals surface area contributed by atoms with Crippen molar-refractivity contribution in [1.82, 2.24) is 15.2 Å². The second-order valence-electron chi connectivity index (χ2n) is 6.97. The first-order chi connectivity index (χ1) is 12.2. The fourth-order valence-corrected chi connectivity index (χ4v) is 4.60. The average molecular weight is 334 g/mol. The van der Waals surface area contributed by atoms with Crippen LogP contribution in [0.3, 0.4) is 0 Å². The van der Waals surface area contributed by atoms with Crippen molar-refractivity contribution >= 4 is 17.5 Å². The zero-order valence-corrected chi connectivity index (χ0v) is 13.6. The second kappa shape index (κ2) is 5.05. The number of hydrogen-bond acceptors (Lipinski definition) is 4. The van der Waals surface area contributed by atoms with Gasteiger partial charge in [0, 0.05) is 24.3 Å². The minimum Gasteiger partial charge on any atom is -0.360 e. The highest BCUT2D eigenvalue weighted by Gasteiger charge is 2.60. The maximum atomic E-state index is 13.0. The van der Waals surface area contributed by atoms with Gasteiger partial charge in [0.2, 0.25) is 0 Å². The third-order valence-corrected chi connectivity index (χ3v) is 5.61. The van der Waals surface area contributed by atoms with Gasteiger partial charge in [-0.15, -0.1) is 0 Å². The van der Waals surface area contributed by atoms with Gasteiger partial charge in [0.15, 0.2) is 0 Å². The van der Waals surface area contributed by atoms with Gasteiger partial charge in [0.1, 0.15) is 11.4 Å². The maximum Gasteiger partial charge on any atom is 0.273 e. The van der Waals surface area contributed by atoms with E-state index in [1.807, 2.05) is 35.2 Å². The van der Waals surface area contributed by atoms with E-state index in [1.165, 1.54) is 0 Å². The number of pyridine rings is 1. The summed E-state index contributed by atoms with van der Waals surface area (Å²) in [5.74, 6) is -0.132. The number of anilines is 1. The summed E-state index contributed by atoms with van der Waals surface area (Å²) in [5.41, 5.74) is 1.36. The molecule has 4 heterocycles. The Morgan fingerprint density at radius 3 is 2.80 bits per heavy atom. The van der Waals surface area contributed by atoms with Gasteiger partial charge in [-0.3, -0.25) is 14.6 Å². The maximum absolute atomic E-state index is 13.0. The lowest BCUT2D eigenvalue weighted by molar-refractivity contribution is 0.0686. The number of para-hydroxylation sites is 1. The van der Waals surface area contributed by atoms with Crippen molar-refractivity contribution in [3.05, 3.63) is 59.9 Å².